The number of carbonyl (C=O) groups is 1. The first-order valence-corrected chi connectivity index (χ1v) is 7.49. The van der Waals surface area contributed by atoms with Crippen LogP contribution in [0, 0.1) is 5.92 Å². The number of aromatic carboxylic acids is 1. The molecule has 0 spiro atoms. The highest BCUT2D eigenvalue weighted by Crippen LogP contribution is 2.32. The van der Waals surface area contributed by atoms with Crippen molar-refractivity contribution >= 4 is 22.6 Å². The van der Waals surface area contributed by atoms with Crippen LogP contribution in [-0.2, 0) is 0 Å². The summed E-state index contributed by atoms with van der Waals surface area (Å²) in [6.45, 7) is 0.911. The molecule has 1 N–H and O–H groups in total. The smallest absolute Gasteiger partial charge is 0.339 e. The van der Waals surface area contributed by atoms with Crippen molar-refractivity contribution in [2.24, 2.45) is 5.92 Å². The lowest BCUT2D eigenvalue weighted by Gasteiger charge is -2.25. The number of para-hydroxylation sites is 1. The van der Waals surface area contributed by atoms with E-state index in [1.807, 2.05) is 31.3 Å². The summed E-state index contributed by atoms with van der Waals surface area (Å²) in [5.74, 6) is -0.245. The Kier molecular flexibility index (Phi) is 3.78. The van der Waals surface area contributed by atoms with E-state index in [0.29, 0.717) is 5.92 Å². The minimum absolute atomic E-state index is 0.286. The molecule has 1 aliphatic rings. The van der Waals surface area contributed by atoms with Crippen LogP contribution in [0.1, 0.15) is 36.0 Å². The van der Waals surface area contributed by atoms with Crippen molar-refractivity contribution in [1.29, 1.82) is 0 Å². The summed E-state index contributed by atoms with van der Waals surface area (Å²) in [5.41, 5.74) is 1.92. The van der Waals surface area contributed by atoms with Crippen molar-refractivity contribution < 1.29 is 9.90 Å². The van der Waals surface area contributed by atoms with Gasteiger partial charge in [-0.1, -0.05) is 31.0 Å². The molecule has 0 bridgehead atoms. The Bertz CT molecular complexity index is 663. The highest BCUT2D eigenvalue weighted by molar-refractivity contribution is 6.04. The second-order valence-electron chi connectivity index (χ2n) is 5.87. The number of benzene rings is 1. The van der Waals surface area contributed by atoms with Crippen molar-refractivity contribution in [2.75, 3.05) is 18.5 Å². The number of nitrogens with zero attached hydrogens (tertiary/aromatic N) is 2. The molecule has 0 aliphatic heterocycles. The minimum atomic E-state index is -0.915. The van der Waals surface area contributed by atoms with Gasteiger partial charge in [-0.25, -0.2) is 4.79 Å². The van der Waals surface area contributed by atoms with Gasteiger partial charge in [-0.05, 0) is 24.8 Å². The summed E-state index contributed by atoms with van der Waals surface area (Å²) in [6, 6.07) is 7.74. The first kappa shape index (κ1) is 13.9. The molecule has 0 unspecified atom stereocenters. The van der Waals surface area contributed by atoms with Crippen molar-refractivity contribution in [1.82, 2.24) is 4.98 Å². The van der Waals surface area contributed by atoms with E-state index >= 15 is 0 Å². The second-order valence-corrected chi connectivity index (χ2v) is 5.87. The van der Waals surface area contributed by atoms with Gasteiger partial charge in [-0.15, -0.1) is 0 Å². The fourth-order valence-corrected chi connectivity index (χ4v) is 3.37. The van der Waals surface area contributed by atoms with Gasteiger partial charge in [-0.2, -0.15) is 0 Å². The number of hydrogen-bond donors (Lipinski definition) is 1. The van der Waals surface area contributed by atoms with Gasteiger partial charge in [0.05, 0.1) is 11.2 Å². The third-order valence-corrected chi connectivity index (χ3v) is 4.37. The minimum Gasteiger partial charge on any atom is -0.478 e. The molecule has 21 heavy (non-hydrogen) atoms. The summed E-state index contributed by atoms with van der Waals surface area (Å²) >= 11 is 0. The number of anilines is 1. The standard InChI is InChI=1S/C17H20N2O2/c1-19(11-12-6-2-3-7-12)16-13-8-4-5-9-15(13)18-10-14(16)17(20)21/h4-5,8-10,12H,2-3,6-7,11H2,1H3,(H,20,21). The van der Waals surface area contributed by atoms with Gasteiger partial charge in [0.1, 0.15) is 5.56 Å². The van der Waals surface area contributed by atoms with Gasteiger partial charge in [0.2, 0.25) is 0 Å². The summed E-state index contributed by atoms with van der Waals surface area (Å²) in [6.07, 6.45) is 6.56. The van der Waals surface area contributed by atoms with Crippen LogP contribution in [0.15, 0.2) is 30.5 Å². The van der Waals surface area contributed by atoms with Crippen LogP contribution < -0.4 is 4.90 Å². The van der Waals surface area contributed by atoms with Crippen molar-refractivity contribution in [3.63, 3.8) is 0 Å². The van der Waals surface area contributed by atoms with Gasteiger partial charge < -0.3 is 10.0 Å². The zero-order valence-electron chi connectivity index (χ0n) is 12.2. The van der Waals surface area contributed by atoms with Gasteiger partial charge in [-0.3, -0.25) is 4.98 Å². The molecule has 0 atom stereocenters. The normalized spacial score (nSPS) is 15.5. The van der Waals surface area contributed by atoms with Crippen molar-refractivity contribution in [3.8, 4) is 0 Å². The van der Waals surface area contributed by atoms with Crippen molar-refractivity contribution in [2.45, 2.75) is 25.7 Å². The van der Waals surface area contributed by atoms with E-state index in [9.17, 15) is 9.90 Å². The maximum absolute atomic E-state index is 11.5. The number of rotatable bonds is 4. The van der Waals surface area contributed by atoms with E-state index in [-0.39, 0.29) is 5.56 Å². The maximum Gasteiger partial charge on any atom is 0.339 e. The largest absolute Gasteiger partial charge is 0.478 e. The van der Waals surface area contributed by atoms with E-state index in [2.05, 4.69) is 9.88 Å². The van der Waals surface area contributed by atoms with Gasteiger partial charge in [0, 0.05) is 25.2 Å². The molecule has 3 rings (SSSR count). The zero-order valence-corrected chi connectivity index (χ0v) is 12.2. The predicted molar refractivity (Wildman–Crippen MR) is 83.9 cm³/mol. The number of carboxylic acids is 1. The molecule has 1 heterocycles. The van der Waals surface area contributed by atoms with Gasteiger partial charge in [0.15, 0.2) is 0 Å². The Morgan fingerprint density at radius 3 is 2.76 bits per heavy atom. The van der Waals surface area contributed by atoms with E-state index < -0.39 is 5.97 Å². The van der Waals surface area contributed by atoms with Gasteiger partial charge >= 0.3 is 5.97 Å². The third-order valence-electron chi connectivity index (χ3n) is 4.37. The van der Waals surface area contributed by atoms with Crippen LogP contribution in [0.2, 0.25) is 0 Å². The average molecular weight is 284 g/mol. The number of carboxylic acid groups (broad SMARTS) is 1. The van der Waals surface area contributed by atoms with Crippen LogP contribution in [0.3, 0.4) is 0 Å². The summed E-state index contributed by atoms with van der Waals surface area (Å²) < 4.78 is 0. The molecule has 1 aromatic heterocycles. The van der Waals surface area contributed by atoms with Crippen LogP contribution in [0.5, 0.6) is 0 Å². The molecule has 4 nitrogen and oxygen atoms in total. The van der Waals surface area contributed by atoms with E-state index in [4.69, 9.17) is 0 Å². The van der Waals surface area contributed by atoms with Crippen LogP contribution in [0.25, 0.3) is 10.9 Å². The molecule has 4 heteroatoms. The Morgan fingerprint density at radius 2 is 2.05 bits per heavy atom. The summed E-state index contributed by atoms with van der Waals surface area (Å²) in [7, 11) is 1.99. The SMILES string of the molecule is CN(CC1CCCC1)c1c(C(=O)O)cnc2ccccc12. The lowest BCUT2D eigenvalue weighted by atomic mass is 10.0. The topological polar surface area (TPSA) is 53.4 Å². The first-order valence-electron chi connectivity index (χ1n) is 7.49. The van der Waals surface area contributed by atoms with Crippen molar-refractivity contribution in [3.05, 3.63) is 36.0 Å². The fraction of sp³-hybridized carbons (Fsp3) is 0.412. The molecular formula is C17H20N2O2. The maximum atomic E-state index is 11.5. The molecule has 1 aromatic carbocycles. The first-order chi connectivity index (χ1) is 10.2. The summed E-state index contributed by atoms with van der Waals surface area (Å²) in [4.78, 5) is 17.9. The van der Waals surface area contributed by atoms with E-state index in [1.54, 1.807) is 0 Å². The highest BCUT2D eigenvalue weighted by Gasteiger charge is 2.22. The molecule has 0 amide bonds. The molecule has 110 valence electrons. The molecule has 0 saturated heterocycles. The van der Waals surface area contributed by atoms with Crippen LogP contribution in [0.4, 0.5) is 5.69 Å². The third kappa shape index (κ3) is 2.71. The fourth-order valence-electron chi connectivity index (χ4n) is 3.37. The lowest BCUT2D eigenvalue weighted by molar-refractivity contribution is 0.0697. The Balaban J connectivity index is 2.04. The molecule has 0 radical (unpaired) electrons. The van der Waals surface area contributed by atoms with Crippen LogP contribution in [-0.4, -0.2) is 29.7 Å². The Labute approximate surface area is 124 Å². The number of aromatic nitrogens is 1. The van der Waals surface area contributed by atoms with Gasteiger partial charge in [0.25, 0.3) is 0 Å². The van der Waals surface area contributed by atoms with E-state index in [0.717, 1.165) is 23.1 Å². The molecule has 1 saturated carbocycles. The number of hydrogen-bond acceptors (Lipinski definition) is 3. The van der Waals surface area contributed by atoms with E-state index in [1.165, 1.54) is 31.9 Å². The highest BCUT2D eigenvalue weighted by atomic mass is 16.4. The second kappa shape index (κ2) is 5.72. The zero-order chi connectivity index (χ0) is 14.8. The molecule has 1 fully saturated rings. The Hall–Kier alpha value is -2.10. The quantitative estimate of drug-likeness (QED) is 0.932. The predicted octanol–water partition coefficient (Wildman–Crippen LogP) is 3.56. The lowest BCUT2D eigenvalue weighted by Crippen LogP contribution is -2.26. The molecular weight excluding hydrogens is 264 g/mol. The Morgan fingerprint density at radius 1 is 1.33 bits per heavy atom. The number of fused-ring (bicyclic) bond motifs is 1. The molecule has 1 aliphatic carbocycles. The monoisotopic (exact) mass is 284 g/mol. The number of pyridine rings is 1. The molecule has 2 aromatic rings. The summed E-state index contributed by atoms with van der Waals surface area (Å²) in [5, 5.41) is 10.4. The van der Waals surface area contributed by atoms with Crippen LogP contribution >= 0.6 is 0 Å². The average Bonchev–Trinajstić information content (AvgIpc) is 2.98.